The van der Waals surface area contributed by atoms with Crippen LogP contribution in [0.5, 0.6) is 0 Å². The fourth-order valence-electron chi connectivity index (χ4n) is 4.00. The molecule has 1 saturated heterocycles. The second-order valence-corrected chi connectivity index (χ2v) is 7.22. The topological polar surface area (TPSA) is 71.8 Å². The summed E-state index contributed by atoms with van der Waals surface area (Å²) >= 11 is 0. The van der Waals surface area contributed by atoms with Gasteiger partial charge in [-0.15, -0.1) is 5.10 Å². The Morgan fingerprint density at radius 1 is 1.29 bits per heavy atom. The predicted molar refractivity (Wildman–Crippen MR) is 90.6 cm³/mol. The summed E-state index contributed by atoms with van der Waals surface area (Å²) in [4.78, 5) is 11.8. The van der Waals surface area contributed by atoms with Gasteiger partial charge in [-0.1, -0.05) is 11.3 Å². The first kappa shape index (κ1) is 18.9. The predicted octanol–water partition coefficient (Wildman–Crippen LogP) is 2.86. The summed E-state index contributed by atoms with van der Waals surface area (Å²) in [5.74, 6) is -1.01. The monoisotopic (exact) mass is 397 g/mol. The van der Waals surface area contributed by atoms with Gasteiger partial charge in [0.15, 0.2) is 0 Å². The molecule has 1 amide bonds. The van der Waals surface area contributed by atoms with E-state index in [1.807, 2.05) is 6.92 Å². The molecule has 2 aromatic rings. The molecule has 0 aliphatic carbocycles. The number of fused-ring (bicyclic) bond motifs is 1. The van der Waals surface area contributed by atoms with Crippen molar-refractivity contribution in [1.82, 2.24) is 25.6 Å². The second-order valence-electron chi connectivity index (χ2n) is 7.22. The minimum absolute atomic E-state index is 0.0980. The molecule has 0 bridgehead atoms. The summed E-state index contributed by atoms with van der Waals surface area (Å²) in [5, 5.41) is 14.4. The van der Waals surface area contributed by atoms with Gasteiger partial charge in [0.25, 0.3) is 0 Å². The van der Waals surface area contributed by atoms with Gasteiger partial charge in [-0.25, -0.2) is 9.07 Å². The maximum absolute atomic E-state index is 14.5. The highest BCUT2D eigenvalue weighted by Crippen LogP contribution is 2.37. The van der Waals surface area contributed by atoms with E-state index in [1.54, 1.807) is 4.68 Å². The fourth-order valence-corrected chi connectivity index (χ4v) is 4.00. The Labute approximate surface area is 158 Å². The fraction of sp³-hybridized carbons (Fsp3) is 0.500. The number of rotatable bonds is 2. The highest BCUT2D eigenvalue weighted by molar-refractivity contribution is 5.77. The zero-order valence-corrected chi connectivity index (χ0v) is 15.1. The zero-order chi connectivity index (χ0) is 20.1. The summed E-state index contributed by atoms with van der Waals surface area (Å²) in [6.45, 7) is 1.82. The minimum atomic E-state index is -4.60. The quantitative estimate of drug-likeness (QED) is 0.765. The van der Waals surface area contributed by atoms with Crippen molar-refractivity contribution in [2.24, 2.45) is 0 Å². The van der Waals surface area contributed by atoms with Crippen LogP contribution in [-0.4, -0.2) is 27.1 Å². The normalized spacial score (nSPS) is 25.3. The van der Waals surface area contributed by atoms with E-state index in [2.05, 4.69) is 20.9 Å². The highest BCUT2D eigenvalue weighted by atomic mass is 19.4. The molecule has 2 aliphatic rings. The van der Waals surface area contributed by atoms with E-state index in [9.17, 15) is 22.4 Å². The van der Waals surface area contributed by atoms with Crippen LogP contribution in [0.1, 0.15) is 60.8 Å². The van der Waals surface area contributed by atoms with Crippen LogP contribution in [0.15, 0.2) is 18.2 Å². The number of halogens is 4. The largest absolute Gasteiger partial charge is 0.416 e. The first-order chi connectivity index (χ1) is 13.2. The Morgan fingerprint density at radius 2 is 2.07 bits per heavy atom. The first-order valence-corrected chi connectivity index (χ1v) is 9.10. The number of hydrogen-bond donors (Lipinski definition) is 2. The third kappa shape index (κ3) is 3.36. The molecule has 2 aliphatic heterocycles. The lowest BCUT2D eigenvalue weighted by Crippen LogP contribution is -2.51. The van der Waals surface area contributed by atoms with Gasteiger partial charge in [-0.2, -0.15) is 13.2 Å². The van der Waals surface area contributed by atoms with Gasteiger partial charge in [0.2, 0.25) is 5.91 Å². The lowest BCUT2D eigenvalue weighted by molar-refractivity contribution is -0.137. The molecule has 0 spiro atoms. The average Bonchev–Trinajstić information content (AvgIpc) is 3.04. The van der Waals surface area contributed by atoms with Crippen molar-refractivity contribution in [2.45, 2.75) is 57.0 Å². The summed E-state index contributed by atoms with van der Waals surface area (Å²) in [5.41, 5.74) is 0.567. The van der Waals surface area contributed by atoms with Crippen LogP contribution < -0.4 is 10.6 Å². The number of amides is 1. The molecule has 2 N–H and O–H groups in total. The molecular formula is C18H19F4N5O. The second kappa shape index (κ2) is 6.84. The van der Waals surface area contributed by atoms with Gasteiger partial charge in [0, 0.05) is 12.0 Å². The number of hydrogen-bond acceptors (Lipinski definition) is 4. The maximum Gasteiger partial charge on any atom is 0.416 e. The van der Waals surface area contributed by atoms with E-state index >= 15 is 0 Å². The molecule has 6 nitrogen and oxygen atoms in total. The van der Waals surface area contributed by atoms with Crippen LogP contribution in [0, 0.1) is 5.82 Å². The van der Waals surface area contributed by atoms with Gasteiger partial charge >= 0.3 is 6.18 Å². The van der Waals surface area contributed by atoms with Gasteiger partial charge in [-0.3, -0.25) is 10.1 Å². The summed E-state index contributed by atoms with van der Waals surface area (Å²) in [6.07, 6.45) is -2.66. The summed E-state index contributed by atoms with van der Waals surface area (Å²) in [6, 6.07) is 1.76. The molecular weight excluding hydrogens is 378 g/mol. The van der Waals surface area contributed by atoms with Crippen LogP contribution in [0.25, 0.3) is 0 Å². The third-order valence-electron chi connectivity index (χ3n) is 5.24. The Bertz CT molecular complexity index is 910. The maximum atomic E-state index is 14.5. The number of alkyl halides is 3. The van der Waals surface area contributed by atoms with E-state index in [0.29, 0.717) is 24.6 Å². The van der Waals surface area contributed by atoms with Gasteiger partial charge in [0.1, 0.15) is 11.5 Å². The molecule has 1 fully saturated rings. The van der Waals surface area contributed by atoms with Crippen LogP contribution in [0.3, 0.4) is 0 Å². The van der Waals surface area contributed by atoms with E-state index in [0.717, 1.165) is 18.2 Å². The van der Waals surface area contributed by atoms with Crippen molar-refractivity contribution in [1.29, 1.82) is 0 Å². The lowest BCUT2D eigenvalue weighted by Gasteiger charge is -2.30. The van der Waals surface area contributed by atoms with Gasteiger partial charge < -0.3 is 5.32 Å². The van der Waals surface area contributed by atoms with Crippen molar-refractivity contribution in [3.8, 4) is 0 Å². The SMILES string of the molecule is CC1NC(=O)CC(c2nnn3c2CCCC3c2ccc(C(F)(F)F)cc2F)N1. The van der Waals surface area contributed by atoms with Crippen LogP contribution in [0.2, 0.25) is 0 Å². The van der Waals surface area contributed by atoms with Crippen molar-refractivity contribution >= 4 is 5.91 Å². The number of aromatic nitrogens is 3. The van der Waals surface area contributed by atoms with E-state index in [4.69, 9.17) is 0 Å². The van der Waals surface area contributed by atoms with Crippen molar-refractivity contribution < 1.29 is 22.4 Å². The highest BCUT2D eigenvalue weighted by Gasteiger charge is 2.35. The summed E-state index contributed by atoms with van der Waals surface area (Å²) < 4.78 is 54.5. The van der Waals surface area contributed by atoms with Gasteiger partial charge in [0.05, 0.1) is 29.5 Å². The Morgan fingerprint density at radius 3 is 2.75 bits per heavy atom. The Balaban J connectivity index is 1.67. The molecule has 150 valence electrons. The molecule has 3 unspecified atom stereocenters. The standard InChI is InChI=1S/C18H19F4N5O/c1-9-23-13(8-16(28)24-9)17-15-4-2-3-14(27(15)26-25-17)11-6-5-10(7-12(11)19)18(20,21)22/h5-7,9,13-14,23H,2-4,8H2,1H3,(H,24,28). The molecule has 3 atom stereocenters. The van der Waals surface area contributed by atoms with Crippen LogP contribution in [0.4, 0.5) is 17.6 Å². The first-order valence-electron chi connectivity index (χ1n) is 9.10. The summed E-state index contributed by atoms with van der Waals surface area (Å²) in [7, 11) is 0. The Kier molecular flexibility index (Phi) is 4.60. The minimum Gasteiger partial charge on any atom is -0.341 e. The zero-order valence-electron chi connectivity index (χ0n) is 15.1. The molecule has 1 aromatic heterocycles. The number of carbonyl (C=O) groups excluding carboxylic acids is 1. The van der Waals surface area contributed by atoms with Gasteiger partial charge in [-0.05, 0) is 38.3 Å². The Hall–Kier alpha value is -2.49. The van der Waals surface area contributed by atoms with Crippen molar-refractivity contribution in [2.75, 3.05) is 0 Å². The van der Waals surface area contributed by atoms with E-state index < -0.39 is 23.6 Å². The smallest absolute Gasteiger partial charge is 0.341 e. The number of nitrogens with zero attached hydrogens (tertiary/aromatic N) is 3. The molecule has 4 rings (SSSR count). The van der Waals surface area contributed by atoms with E-state index in [1.165, 1.54) is 6.07 Å². The number of nitrogens with one attached hydrogen (secondary N) is 2. The number of carbonyl (C=O) groups is 1. The third-order valence-corrected chi connectivity index (χ3v) is 5.24. The van der Waals surface area contributed by atoms with Crippen molar-refractivity contribution in [3.63, 3.8) is 0 Å². The molecule has 0 saturated carbocycles. The number of benzene rings is 1. The molecule has 3 heterocycles. The van der Waals surface area contributed by atoms with E-state index in [-0.39, 0.29) is 30.1 Å². The molecule has 0 radical (unpaired) electrons. The lowest BCUT2D eigenvalue weighted by atomic mass is 9.93. The average molecular weight is 397 g/mol. The molecule has 10 heteroatoms. The molecule has 28 heavy (non-hydrogen) atoms. The molecule has 1 aromatic carbocycles. The van der Waals surface area contributed by atoms with Crippen LogP contribution in [-0.2, 0) is 17.4 Å². The van der Waals surface area contributed by atoms with Crippen molar-refractivity contribution in [3.05, 3.63) is 46.5 Å². The van der Waals surface area contributed by atoms with Crippen LogP contribution >= 0.6 is 0 Å².